The third kappa shape index (κ3) is 2.25. The molecule has 1 aromatic carbocycles. The summed E-state index contributed by atoms with van der Waals surface area (Å²) in [6.07, 6.45) is 0. The van der Waals surface area contributed by atoms with Crippen LogP contribution in [0.2, 0.25) is 0 Å². The van der Waals surface area contributed by atoms with E-state index in [1.165, 1.54) is 16.8 Å². The topological polar surface area (TPSA) is 113 Å². The summed E-state index contributed by atoms with van der Waals surface area (Å²) < 4.78 is 1.39. The van der Waals surface area contributed by atoms with Crippen molar-refractivity contribution in [2.75, 3.05) is 5.73 Å². The highest BCUT2D eigenvalue weighted by molar-refractivity contribution is 7.80. The molecule has 0 aliphatic rings. The van der Waals surface area contributed by atoms with Gasteiger partial charge in [0.15, 0.2) is 0 Å². The van der Waals surface area contributed by atoms with Gasteiger partial charge in [-0.1, -0.05) is 18.3 Å². The van der Waals surface area contributed by atoms with Crippen LogP contribution in [0.1, 0.15) is 11.3 Å². The van der Waals surface area contributed by atoms with Gasteiger partial charge in [0.2, 0.25) is 0 Å². The quantitative estimate of drug-likeness (QED) is 0.496. The molecule has 0 atom stereocenters. The lowest BCUT2D eigenvalue weighted by molar-refractivity contribution is -0.384. The van der Waals surface area contributed by atoms with Crippen LogP contribution >= 0.6 is 12.2 Å². The molecule has 19 heavy (non-hydrogen) atoms. The summed E-state index contributed by atoms with van der Waals surface area (Å²) in [7, 11) is 0. The average Bonchev–Trinajstić information content (AvgIpc) is 2.65. The summed E-state index contributed by atoms with van der Waals surface area (Å²) in [6, 6.07) is 6.00. The van der Waals surface area contributed by atoms with Crippen LogP contribution in [0.15, 0.2) is 24.3 Å². The van der Waals surface area contributed by atoms with Gasteiger partial charge in [0, 0.05) is 12.1 Å². The van der Waals surface area contributed by atoms with Crippen LogP contribution < -0.4 is 11.5 Å². The molecule has 0 spiro atoms. The minimum Gasteiger partial charge on any atom is -0.389 e. The van der Waals surface area contributed by atoms with E-state index in [1.807, 2.05) is 0 Å². The standard InChI is InChI=1S/C11H11N5O2S/c1-6-9(11(13)19)10(12)15(14-6)7-3-2-4-8(5-7)16(17)18/h2-5H,12H2,1H3,(H2,13,19). The van der Waals surface area contributed by atoms with Crippen molar-refractivity contribution in [1.29, 1.82) is 0 Å². The highest BCUT2D eigenvalue weighted by Crippen LogP contribution is 2.23. The molecule has 0 bridgehead atoms. The number of hydrogen-bond acceptors (Lipinski definition) is 5. The SMILES string of the molecule is Cc1nn(-c2cccc([N+](=O)[O-])c2)c(N)c1C(N)=S. The molecule has 98 valence electrons. The maximum atomic E-state index is 10.8. The molecule has 1 heterocycles. The Morgan fingerprint density at radius 3 is 2.74 bits per heavy atom. The summed E-state index contributed by atoms with van der Waals surface area (Å²) >= 11 is 4.90. The maximum Gasteiger partial charge on any atom is 0.271 e. The van der Waals surface area contributed by atoms with Crippen molar-refractivity contribution in [3.63, 3.8) is 0 Å². The number of benzene rings is 1. The number of non-ortho nitro benzene ring substituents is 1. The molecule has 0 radical (unpaired) electrons. The summed E-state index contributed by atoms with van der Waals surface area (Å²) in [5.74, 6) is 0.269. The van der Waals surface area contributed by atoms with Gasteiger partial charge >= 0.3 is 0 Å². The van der Waals surface area contributed by atoms with E-state index in [-0.39, 0.29) is 16.5 Å². The fraction of sp³-hybridized carbons (Fsp3) is 0.0909. The Bertz CT molecular complexity index is 680. The molecule has 8 heteroatoms. The zero-order valence-corrected chi connectivity index (χ0v) is 10.8. The minimum absolute atomic E-state index is 0.0399. The molecular formula is C11H11N5O2S. The van der Waals surface area contributed by atoms with Gasteiger partial charge in [-0.15, -0.1) is 0 Å². The smallest absolute Gasteiger partial charge is 0.271 e. The van der Waals surface area contributed by atoms with Crippen molar-refractivity contribution in [1.82, 2.24) is 9.78 Å². The predicted molar refractivity (Wildman–Crippen MR) is 75.3 cm³/mol. The molecule has 0 saturated heterocycles. The molecule has 0 aliphatic carbocycles. The Balaban J connectivity index is 2.60. The Hall–Kier alpha value is -2.48. The van der Waals surface area contributed by atoms with Crippen LogP contribution in [-0.2, 0) is 0 Å². The Morgan fingerprint density at radius 2 is 2.21 bits per heavy atom. The summed E-state index contributed by atoms with van der Waals surface area (Å²) in [5, 5.41) is 15.0. The minimum atomic E-state index is -0.482. The van der Waals surface area contributed by atoms with Crippen LogP contribution in [0.5, 0.6) is 0 Å². The number of hydrogen-bond donors (Lipinski definition) is 2. The number of nitrogen functional groups attached to an aromatic ring is 1. The number of thiocarbonyl (C=S) groups is 1. The number of anilines is 1. The molecule has 0 saturated carbocycles. The molecule has 2 aromatic rings. The Labute approximate surface area is 114 Å². The zero-order valence-electron chi connectivity index (χ0n) is 10.0. The number of nitrogens with zero attached hydrogens (tertiary/aromatic N) is 3. The fourth-order valence-corrected chi connectivity index (χ4v) is 2.04. The fourth-order valence-electron chi connectivity index (χ4n) is 1.78. The van der Waals surface area contributed by atoms with Crippen molar-refractivity contribution < 1.29 is 4.92 Å². The number of nitro groups is 1. The van der Waals surface area contributed by atoms with Crippen LogP contribution in [-0.4, -0.2) is 19.7 Å². The lowest BCUT2D eigenvalue weighted by atomic mass is 10.2. The van der Waals surface area contributed by atoms with E-state index in [9.17, 15) is 10.1 Å². The van der Waals surface area contributed by atoms with Crippen LogP contribution in [0.4, 0.5) is 11.5 Å². The van der Waals surface area contributed by atoms with Gasteiger partial charge in [0.1, 0.15) is 10.8 Å². The number of nitrogens with two attached hydrogens (primary N) is 2. The van der Waals surface area contributed by atoms with E-state index in [4.69, 9.17) is 23.7 Å². The molecule has 0 amide bonds. The molecule has 0 aliphatic heterocycles. The molecule has 7 nitrogen and oxygen atoms in total. The van der Waals surface area contributed by atoms with Gasteiger partial charge in [-0.3, -0.25) is 10.1 Å². The molecule has 0 unspecified atom stereocenters. The van der Waals surface area contributed by atoms with E-state index in [2.05, 4.69) is 5.10 Å². The monoisotopic (exact) mass is 277 g/mol. The van der Waals surface area contributed by atoms with Gasteiger partial charge in [-0.2, -0.15) is 5.10 Å². The summed E-state index contributed by atoms with van der Waals surface area (Å²) in [6.45, 7) is 1.72. The average molecular weight is 277 g/mol. The second kappa shape index (κ2) is 4.65. The first-order chi connectivity index (χ1) is 8.91. The second-order valence-electron chi connectivity index (χ2n) is 3.90. The largest absolute Gasteiger partial charge is 0.389 e. The number of aryl methyl sites for hydroxylation is 1. The van der Waals surface area contributed by atoms with E-state index in [0.29, 0.717) is 16.9 Å². The second-order valence-corrected chi connectivity index (χ2v) is 4.34. The van der Waals surface area contributed by atoms with Crippen molar-refractivity contribution in [2.45, 2.75) is 6.92 Å². The van der Waals surface area contributed by atoms with Crippen LogP contribution in [0, 0.1) is 17.0 Å². The van der Waals surface area contributed by atoms with Crippen molar-refractivity contribution in [3.8, 4) is 5.69 Å². The number of aromatic nitrogens is 2. The van der Waals surface area contributed by atoms with E-state index in [0.717, 1.165) is 0 Å². The molecule has 4 N–H and O–H groups in total. The van der Waals surface area contributed by atoms with Crippen LogP contribution in [0.3, 0.4) is 0 Å². The Kier molecular flexibility index (Phi) is 3.17. The zero-order chi connectivity index (χ0) is 14.2. The lowest BCUT2D eigenvalue weighted by Crippen LogP contribution is -2.13. The van der Waals surface area contributed by atoms with Gasteiger partial charge in [-0.05, 0) is 13.0 Å². The lowest BCUT2D eigenvalue weighted by Gasteiger charge is -2.04. The molecule has 0 fully saturated rings. The first kappa shape index (κ1) is 13.0. The van der Waals surface area contributed by atoms with Gasteiger partial charge in [-0.25, -0.2) is 4.68 Å². The molecule has 2 rings (SSSR count). The summed E-state index contributed by atoms with van der Waals surface area (Å²) in [4.78, 5) is 10.4. The normalized spacial score (nSPS) is 10.4. The first-order valence-electron chi connectivity index (χ1n) is 5.31. The van der Waals surface area contributed by atoms with Crippen molar-refractivity contribution in [2.24, 2.45) is 5.73 Å². The molecular weight excluding hydrogens is 266 g/mol. The number of nitro benzene ring substituents is 1. The highest BCUT2D eigenvalue weighted by atomic mass is 32.1. The van der Waals surface area contributed by atoms with Gasteiger partial charge in [0.05, 0.1) is 21.9 Å². The van der Waals surface area contributed by atoms with Crippen molar-refractivity contribution in [3.05, 3.63) is 45.6 Å². The van der Waals surface area contributed by atoms with Gasteiger partial charge in [0.25, 0.3) is 5.69 Å². The van der Waals surface area contributed by atoms with Crippen molar-refractivity contribution >= 4 is 28.7 Å². The van der Waals surface area contributed by atoms with Crippen LogP contribution in [0.25, 0.3) is 5.69 Å². The third-order valence-electron chi connectivity index (χ3n) is 2.63. The highest BCUT2D eigenvalue weighted by Gasteiger charge is 2.17. The maximum absolute atomic E-state index is 10.8. The summed E-state index contributed by atoms with van der Waals surface area (Å²) in [5.41, 5.74) is 13.0. The Morgan fingerprint density at radius 1 is 1.53 bits per heavy atom. The van der Waals surface area contributed by atoms with E-state index >= 15 is 0 Å². The third-order valence-corrected chi connectivity index (χ3v) is 2.83. The predicted octanol–water partition coefficient (Wildman–Crippen LogP) is 1.31. The van der Waals surface area contributed by atoms with E-state index in [1.54, 1.807) is 19.1 Å². The molecule has 1 aromatic heterocycles. The first-order valence-corrected chi connectivity index (χ1v) is 5.72. The van der Waals surface area contributed by atoms with E-state index < -0.39 is 4.92 Å². The van der Waals surface area contributed by atoms with Gasteiger partial charge < -0.3 is 11.5 Å². The number of rotatable bonds is 3.